The molecule has 0 spiro atoms. The first-order valence-electron chi connectivity index (χ1n) is 9.06. The topological polar surface area (TPSA) is 75.6 Å². The fourth-order valence-electron chi connectivity index (χ4n) is 3.12. The Hall–Kier alpha value is -2.75. The van der Waals surface area contributed by atoms with E-state index < -0.39 is 23.8 Å². The van der Waals surface area contributed by atoms with Gasteiger partial charge in [-0.15, -0.1) is 11.3 Å². The van der Waals surface area contributed by atoms with Gasteiger partial charge in [-0.3, -0.25) is 15.0 Å². The summed E-state index contributed by atoms with van der Waals surface area (Å²) in [5, 5.41) is 10.9. The second-order valence-electron chi connectivity index (χ2n) is 6.51. The van der Waals surface area contributed by atoms with Crippen molar-refractivity contribution in [1.29, 1.82) is 0 Å². The Labute approximate surface area is 169 Å². The van der Waals surface area contributed by atoms with Crippen LogP contribution in [-0.4, -0.2) is 39.0 Å². The van der Waals surface area contributed by atoms with Gasteiger partial charge in [-0.25, -0.2) is 13.8 Å². The van der Waals surface area contributed by atoms with E-state index in [-0.39, 0.29) is 16.3 Å². The van der Waals surface area contributed by atoms with Gasteiger partial charge in [0.05, 0.1) is 10.4 Å². The number of aromatic nitrogens is 2. The molecule has 0 radical (unpaired) electrons. The van der Waals surface area contributed by atoms with Crippen LogP contribution in [0.2, 0.25) is 0 Å². The first-order valence-corrected chi connectivity index (χ1v) is 9.87. The maximum atomic E-state index is 14.3. The fourth-order valence-corrected chi connectivity index (χ4v) is 4.22. The predicted molar refractivity (Wildman–Crippen MR) is 102 cm³/mol. The van der Waals surface area contributed by atoms with Crippen LogP contribution in [0.25, 0.3) is 21.0 Å². The summed E-state index contributed by atoms with van der Waals surface area (Å²) < 4.78 is 34.0. The van der Waals surface area contributed by atoms with Crippen LogP contribution in [-0.2, 0) is 4.74 Å². The number of nitrogens with zero attached hydrogens (tertiary/aromatic N) is 3. The number of rotatable bonds is 4. The zero-order valence-corrected chi connectivity index (χ0v) is 16.0. The number of carbonyl (C=O) groups excluding carboxylic acids is 1. The highest BCUT2D eigenvalue weighted by molar-refractivity contribution is 7.18. The molecule has 0 saturated carbocycles. The van der Waals surface area contributed by atoms with Crippen molar-refractivity contribution in [1.82, 2.24) is 15.0 Å². The van der Waals surface area contributed by atoms with E-state index in [4.69, 9.17) is 4.74 Å². The van der Waals surface area contributed by atoms with Crippen molar-refractivity contribution in [2.24, 2.45) is 0 Å². The van der Waals surface area contributed by atoms with E-state index in [1.807, 2.05) is 0 Å². The van der Waals surface area contributed by atoms with Crippen LogP contribution in [0, 0.1) is 11.6 Å². The highest BCUT2D eigenvalue weighted by Gasteiger charge is 2.31. The molecule has 1 unspecified atom stereocenters. The molecular weight excluding hydrogens is 400 g/mol. The first kappa shape index (κ1) is 19.6. The molecule has 4 rings (SSSR count). The molecule has 2 aromatic heterocycles. The minimum Gasteiger partial charge on any atom is -0.356 e. The zero-order valence-electron chi connectivity index (χ0n) is 15.2. The number of thiazole rings is 1. The van der Waals surface area contributed by atoms with E-state index in [0.29, 0.717) is 28.5 Å². The van der Waals surface area contributed by atoms with Gasteiger partial charge in [0.25, 0.3) is 5.91 Å². The van der Waals surface area contributed by atoms with E-state index in [0.717, 1.165) is 36.3 Å². The number of halogens is 2. The normalized spacial score (nSPS) is 16.6. The molecule has 29 heavy (non-hydrogen) atoms. The number of amides is 1. The second kappa shape index (κ2) is 8.32. The molecular formula is C20H17F2N3O3S. The standard InChI is InChI=1S/C20H17F2N3O3S/c21-13-6-3-7-14(22)16(13)19-24-17(18(29-19)12-5-4-9-23-11-12)20(26)25(27)15-8-1-2-10-28-15/h3-7,9,11,15,27H,1-2,8,10H2. The van der Waals surface area contributed by atoms with Crippen molar-refractivity contribution in [3.8, 4) is 21.0 Å². The molecule has 3 heterocycles. The Kier molecular flexibility index (Phi) is 5.61. The summed E-state index contributed by atoms with van der Waals surface area (Å²) in [7, 11) is 0. The van der Waals surface area contributed by atoms with Gasteiger partial charge in [0.2, 0.25) is 0 Å². The highest BCUT2D eigenvalue weighted by atomic mass is 32.1. The summed E-state index contributed by atoms with van der Waals surface area (Å²) in [6.45, 7) is 0.438. The quantitative estimate of drug-likeness (QED) is 0.499. The van der Waals surface area contributed by atoms with Crippen molar-refractivity contribution in [3.63, 3.8) is 0 Å². The van der Waals surface area contributed by atoms with Gasteiger partial charge in [0.15, 0.2) is 6.23 Å². The van der Waals surface area contributed by atoms with Gasteiger partial charge >= 0.3 is 0 Å². The Balaban J connectivity index is 1.79. The third kappa shape index (κ3) is 3.89. The van der Waals surface area contributed by atoms with E-state index in [1.54, 1.807) is 18.3 Å². The van der Waals surface area contributed by atoms with E-state index >= 15 is 0 Å². The summed E-state index contributed by atoms with van der Waals surface area (Å²) in [6.07, 6.45) is 4.46. The van der Waals surface area contributed by atoms with Gasteiger partial charge in [-0.1, -0.05) is 12.1 Å². The summed E-state index contributed by atoms with van der Waals surface area (Å²) in [5.74, 6) is -2.37. The minimum atomic E-state index is -0.796. The maximum absolute atomic E-state index is 14.3. The van der Waals surface area contributed by atoms with Crippen LogP contribution < -0.4 is 0 Å². The van der Waals surface area contributed by atoms with Crippen molar-refractivity contribution in [3.05, 3.63) is 60.1 Å². The molecule has 1 atom stereocenters. The molecule has 1 aliphatic heterocycles. The van der Waals surface area contributed by atoms with E-state index in [1.165, 1.54) is 12.3 Å². The number of pyridine rings is 1. The van der Waals surface area contributed by atoms with Crippen LogP contribution in [0.4, 0.5) is 8.78 Å². The lowest BCUT2D eigenvalue weighted by Gasteiger charge is -2.28. The van der Waals surface area contributed by atoms with Crippen LogP contribution in [0.5, 0.6) is 0 Å². The minimum absolute atomic E-state index is 0.000709. The third-order valence-electron chi connectivity index (χ3n) is 4.57. The Bertz CT molecular complexity index is 1000. The molecule has 6 nitrogen and oxygen atoms in total. The van der Waals surface area contributed by atoms with Crippen LogP contribution >= 0.6 is 11.3 Å². The predicted octanol–water partition coefficient (Wildman–Crippen LogP) is 4.51. The largest absolute Gasteiger partial charge is 0.356 e. The lowest BCUT2D eigenvalue weighted by Crippen LogP contribution is -2.41. The van der Waals surface area contributed by atoms with E-state index in [9.17, 15) is 18.8 Å². The molecule has 0 aliphatic carbocycles. The van der Waals surface area contributed by atoms with Gasteiger partial charge in [0.1, 0.15) is 22.3 Å². The highest BCUT2D eigenvalue weighted by Crippen LogP contribution is 2.38. The van der Waals surface area contributed by atoms with Gasteiger partial charge in [0, 0.05) is 24.6 Å². The average Bonchev–Trinajstić information content (AvgIpc) is 3.19. The second-order valence-corrected chi connectivity index (χ2v) is 7.51. The third-order valence-corrected chi connectivity index (χ3v) is 5.69. The van der Waals surface area contributed by atoms with Gasteiger partial charge in [-0.2, -0.15) is 5.06 Å². The monoisotopic (exact) mass is 417 g/mol. The number of benzene rings is 1. The number of ether oxygens (including phenoxy) is 1. The lowest BCUT2D eigenvalue weighted by atomic mass is 10.1. The molecule has 1 saturated heterocycles. The molecule has 150 valence electrons. The molecule has 1 aliphatic rings. The molecule has 1 aromatic carbocycles. The lowest BCUT2D eigenvalue weighted by molar-refractivity contribution is -0.193. The fraction of sp³-hybridized carbons (Fsp3) is 0.250. The summed E-state index contributed by atoms with van der Waals surface area (Å²) in [4.78, 5) is 21.6. The molecule has 3 aromatic rings. The van der Waals surface area contributed by atoms with Crippen molar-refractivity contribution in [2.45, 2.75) is 25.5 Å². The number of hydroxylamine groups is 2. The summed E-state index contributed by atoms with van der Waals surface area (Å²) in [5.41, 5.74) is 0.117. The number of hydrogen-bond donors (Lipinski definition) is 1. The summed E-state index contributed by atoms with van der Waals surface area (Å²) >= 11 is 0.956. The Morgan fingerprint density at radius 2 is 2.00 bits per heavy atom. The Morgan fingerprint density at radius 1 is 1.21 bits per heavy atom. The smallest absolute Gasteiger partial charge is 0.299 e. The Morgan fingerprint density at radius 3 is 2.66 bits per heavy atom. The molecule has 1 N–H and O–H groups in total. The van der Waals surface area contributed by atoms with Crippen molar-refractivity contribution in [2.75, 3.05) is 6.61 Å². The number of hydrogen-bond acceptors (Lipinski definition) is 6. The van der Waals surface area contributed by atoms with E-state index in [2.05, 4.69) is 9.97 Å². The van der Waals surface area contributed by atoms with Crippen molar-refractivity contribution >= 4 is 17.2 Å². The van der Waals surface area contributed by atoms with Crippen LogP contribution in [0.1, 0.15) is 29.8 Å². The first-order chi connectivity index (χ1) is 14.1. The maximum Gasteiger partial charge on any atom is 0.299 e. The molecule has 0 bridgehead atoms. The zero-order chi connectivity index (χ0) is 20.4. The molecule has 9 heteroatoms. The summed E-state index contributed by atoms with van der Waals surface area (Å²) in [6, 6.07) is 6.88. The van der Waals surface area contributed by atoms with Crippen LogP contribution in [0.15, 0.2) is 42.7 Å². The van der Waals surface area contributed by atoms with Crippen LogP contribution in [0.3, 0.4) is 0 Å². The van der Waals surface area contributed by atoms with Gasteiger partial charge in [-0.05, 0) is 37.5 Å². The van der Waals surface area contributed by atoms with Gasteiger partial charge < -0.3 is 4.74 Å². The molecule has 1 amide bonds. The van der Waals surface area contributed by atoms with Crippen molar-refractivity contribution < 1.29 is 23.5 Å². The number of carbonyl (C=O) groups is 1. The molecule has 1 fully saturated rings. The average molecular weight is 417 g/mol. The SMILES string of the molecule is O=C(c1nc(-c2c(F)cccc2F)sc1-c1cccnc1)N(O)C1CCCCO1.